The van der Waals surface area contributed by atoms with E-state index in [1.165, 1.54) is 27.5 Å². The minimum atomic E-state index is -0.393. The quantitative estimate of drug-likeness (QED) is 0.497. The molecule has 0 unspecified atom stereocenters. The van der Waals surface area contributed by atoms with Crippen molar-refractivity contribution >= 4 is 34.5 Å². The fraction of sp³-hybridized carbons (Fsp3) is 0.143. The Morgan fingerprint density at radius 3 is 2.18 bits per heavy atom. The SMILES string of the molecule is COc1cc(Cl)c(C=NNC(=O)c2cc3ccccc3cc2OC)cc1OC. The Morgan fingerprint density at radius 1 is 0.929 bits per heavy atom. The highest BCUT2D eigenvalue weighted by Crippen LogP contribution is 2.32. The van der Waals surface area contributed by atoms with Gasteiger partial charge in [-0.05, 0) is 29.0 Å². The Kier molecular flexibility index (Phi) is 6.01. The van der Waals surface area contributed by atoms with Crippen LogP contribution >= 0.6 is 11.6 Å². The van der Waals surface area contributed by atoms with Crippen molar-refractivity contribution in [3.05, 3.63) is 64.7 Å². The lowest BCUT2D eigenvalue weighted by atomic mass is 10.1. The molecule has 0 atom stereocenters. The second kappa shape index (κ2) is 8.63. The van der Waals surface area contributed by atoms with Crippen LogP contribution in [0.15, 0.2) is 53.6 Å². The van der Waals surface area contributed by atoms with Gasteiger partial charge in [0.05, 0.1) is 38.1 Å². The molecule has 0 radical (unpaired) electrons. The maximum atomic E-state index is 12.6. The van der Waals surface area contributed by atoms with E-state index in [0.29, 0.717) is 33.4 Å². The summed E-state index contributed by atoms with van der Waals surface area (Å²) < 4.78 is 15.8. The van der Waals surface area contributed by atoms with Crippen LogP contribution in [0.2, 0.25) is 5.02 Å². The number of benzene rings is 3. The molecule has 0 bridgehead atoms. The number of rotatable bonds is 6. The highest BCUT2D eigenvalue weighted by Gasteiger charge is 2.13. The summed E-state index contributed by atoms with van der Waals surface area (Å²) in [5.74, 6) is 1.09. The van der Waals surface area contributed by atoms with Crippen LogP contribution in [0.3, 0.4) is 0 Å². The standard InChI is InChI=1S/C21H19ClN2O4/c1-26-18-9-14-7-5-4-6-13(14)8-16(18)21(25)24-23-12-15-10-19(27-2)20(28-3)11-17(15)22/h4-12H,1-3H3,(H,24,25). The molecule has 0 aliphatic heterocycles. The van der Waals surface area contributed by atoms with Crippen LogP contribution in [-0.2, 0) is 0 Å². The smallest absolute Gasteiger partial charge is 0.275 e. The lowest BCUT2D eigenvalue weighted by molar-refractivity contribution is 0.0952. The minimum absolute atomic E-state index is 0.386. The zero-order valence-corrected chi connectivity index (χ0v) is 16.4. The molecule has 1 amide bonds. The Hall–Kier alpha value is -3.25. The molecule has 3 rings (SSSR count). The van der Waals surface area contributed by atoms with Gasteiger partial charge in [0.25, 0.3) is 5.91 Å². The Balaban J connectivity index is 1.83. The first kappa shape index (κ1) is 19.5. The molecular weight excluding hydrogens is 380 g/mol. The summed E-state index contributed by atoms with van der Waals surface area (Å²) in [7, 11) is 4.58. The van der Waals surface area contributed by atoms with Gasteiger partial charge >= 0.3 is 0 Å². The van der Waals surface area contributed by atoms with E-state index >= 15 is 0 Å². The first-order valence-corrected chi connectivity index (χ1v) is 8.77. The van der Waals surface area contributed by atoms with E-state index < -0.39 is 5.91 Å². The number of methoxy groups -OCH3 is 3. The number of carbonyl (C=O) groups is 1. The third kappa shape index (κ3) is 4.02. The molecule has 144 valence electrons. The lowest BCUT2D eigenvalue weighted by Gasteiger charge is -2.10. The number of nitrogens with one attached hydrogen (secondary N) is 1. The number of hydrogen-bond donors (Lipinski definition) is 1. The molecular formula is C21H19ClN2O4. The zero-order valence-electron chi connectivity index (χ0n) is 15.7. The summed E-state index contributed by atoms with van der Waals surface area (Å²) in [6, 6.07) is 14.6. The van der Waals surface area contributed by atoms with Crippen LogP contribution in [0.1, 0.15) is 15.9 Å². The average Bonchev–Trinajstić information content (AvgIpc) is 2.73. The van der Waals surface area contributed by atoms with Crippen LogP contribution in [0.5, 0.6) is 17.2 Å². The Labute approximate surface area is 167 Å². The fourth-order valence-corrected chi connectivity index (χ4v) is 2.96. The van der Waals surface area contributed by atoms with Gasteiger partial charge in [0.15, 0.2) is 11.5 Å². The van der Waals surface area contributed by atoms with Gasteiger partial charge in [0.1, 0.15) is 5.75 Å². The number of ether oxygens (including phenoxy) is 3. The highest BCUT2D eigenvalue weighted by molar-refractivity contribution is 6.33. The molecule has 0 aromatic heterocycles. The summed E-state index contributed by atoms with van der Waals surface area (Å²) in [5, 5.41) is 6.33. The summed E-state index contributed by atoms with van der Waals surface area (Å²) >= 11 is 6.22. The van der Waals surface area contributed by atoms with Crippen molar-refractivity contribution in [2.45, 2.75) is 0 Å². The van der Waals surface area contributed by atoms with Gasteiger partial charge < -0.3 is 14.2 Å². The number of halogens is 1. The predicted octanol–water partition coefficient (Wildman–Crippen LogP) is 4.28. The molecule has 0 saturated carbocycles. The van der Waals surface area contributed by atoms with E-state index in [9.17, 15) is 4.79 Å². The van der Waals surface area contributed by atoms with Gasteiger partial charge in [-0.25, -0.2) is 5.43 Å². The minimum Gasteiger partial charge on any atom is -0.496 e. The van der Waals surface area contributed by atoms with Crippen LogP contribution in [0, 0.1) is 0 Å². The van der Waals surface area contributed by atoms with E-state index in [4.69, 9.17) is 25.8 Å². The fourth-order valence-electron chi connectivity index (χ4n) is 2.76. The van der Waals surface area contributed by atoms with Crippen molar-refractivity contribution < 1.29 is 19.0 Å². The molecule has 0 saturated heterocycles. The van der Waals surface area contributed by atoms with E-state index in [-0.39, 0.29) is 0 Å². The van der Waals surface area contributed by atoms with Crippen molar-refractivity contribution in [1.82, 2.24) is 5.43 Å². The highest BCUT2D eigenvalue weighted by atomic mass is 35.5. The zero-order chi connectivity index (χ0) is 20.1. The number of amides is 1. The van der Waals surface area contributed by atoms with Crippen molar-refractivity contribution in [2.24, 2.45) is 5.10 Å². The normalized spacial score (nSPS) is 10.9. The first-order valence-electron chi connectivity index (χ1n) is 8.39. The average molecular weight is 399 g/mol. The molecule has 1 N–H and O–H groups in total. The third-order valence-corrected chi connectivity index (χ3v) is 4.51. The Bertz CT molecular complexity index is 1050. The van der Waals surface area contributed by atoms with Crippen LogP contribution in [0.25, 0.3) is 10.8 Å². The monoisotopic (exact) mass is 398 g/mol. The molecule has 3 aromatic carbocycles. The maximum absolute atomic E-state index is 12.6. The molecule has 6 nitrogen and oxygen atoms in total. The van der Waals surface area contributed by atoms with Gasteiger partial charge in [-0.15, -0.1) is 0 Å². The predicted molar refractivity (Wildman–Crippen MR) is 110 cm³/mol. The van der Waals surface area contributed by atoms with Crippen molar-refractivity contribution in [3.63, 3.8) is 0 Å². The van der Waals surface area contributed by atoms with Crippen molar-refractivity contribution in [3.8, 4) is 17.2 Å². The summed E-state index contributed by atoms with van der Waals surface area (Å²) in [5.41, 5.74) is 3.46. The van der Waals surface area contributed by atoms with E-state index in [1.54, 1.807) is 18.2 Å². The third-order valence-electron chi connectivity index (χ3n) is 4.19. The second-order valence-corrected chi connectivity index (χ2v) is 6.23. The topological polar surface area (TPSA) is 69.2 Å². The molecule has 7 heteroatoms. The van der Waals surface area contributed by atoms with Gasteiger partial charge in [0.2, 0.25) is 0 Å². The largest absolute Gasteiger partial charge is 0.496 e. The van der Waals surface area contributed by atoms with Crippen LogP contribution in [0.4, 0.5) is 0 Å². The van der Waals surface area contributed by atoms with Crippen molar-refractivity contribution in [1.29, 1.82) is 0 Å². The summed E-state index contributed by atoms with van der Waals surface area (Å²) in [6.07, 6.45) is 1.44. The summed E-state index contributed by atoms with van der Waals surface area (Å²) in [6.45, 7) is 0. The molecule has 0 fully saturated rings. The number of hydrazone groups is 1. The molecule has 0 aliphatic carbocycles. The molecule has 28 heavy (non-hydrogen) atoms. The van der Waals surface area contributed by atoms with Crippen LogP contribution < -0.4 is 19.6 Å². The number of fused-ring (bicyclic) bond motifs is 1. The summed E-state index contributed by atoms with van der Waals surface area (Å²) in [4.78, 5) is 12.6. The second-order valence-electron chi connectivity index (χ2n) is 5.83. The Morgan fingerprint density at radius 2 is 1.54 bits per heavy atom. The van der Waals surface area contributed by atoms with E-state index in [0.717, 1.165) is 10.8 Å². The van der Waals surface area contributed by atoms with Gasteiger partial charge in [-0.2, -0.15) is 5.10 Å². The van der Waals surface area contributed by atoms with E-state index in [1.807, 2.05) is 30.3 Å². The molecule has 0 heterocycles. The van der Waals surface area contributed by atoms with Gasteiger partial charge in [-0.3, -0.25) is 4.79 Å². The van der Waals surface area contributed by atoms with E-state index in [2.05, 4.69) is 10.5 Å². The van der Waals surface area contributed by atoms with Crippen molar-refractivity contribution in [2.75, 3.05) is 21.3 Å². The van der Waals surface area contributed by atoms with Gasteiger partial charge in [0, 0.05) is 11.6 Å². The first-order chi connectivity index (χ1) is 13.6. The van der Waals surface area contributed by atoms with Gasteiger partial charge in [-0.1, -0.05) is 35.9 Å². The lowest BCUT2D eigenvalue weighted by Crippen LogP contribution is -2.18. The maximum Gasteiger partial charge on any atom is 0.275 e. The molecule has 0 aliphatic rings. The molecule has 0 spiro atoms. The number of hydrogen-bond acceptors (Lipinski definition) is 5. The molecule has 3 aromatic rings. The number of nitrogens with zero attached hydrogens (tertiary/aromatic N) is 1. The number of carbonyl (C=O) groups excluding carboxylic acids is 1. The van der Waals surface area contributed by atoms with Crippen LogP contribution in [-0.4, -0.2) is 33.5 Å².